The van der Waals surface area contributed by atoms with Crippen molar-refractivity contribution in [3.8, 4) is 11.5 Å². The van der Waals surface area contributed by atoms with Gasteiger partial charge < -0.3 is 33.2 Å². The minimum atomic E-state index is -0.854. The molecule has 0 spiro atoms. The van der Waals surface area contributed by atoms with Gasteiger partial charge >= 0.3 is 11.9 Å². The van der Waals surface area contributed by atoms with Crippen LogP contribution in [0, 0.1) is 5.92 Å². The molecule has 9 heteroatoms. The van der Waals surface area contributed by atoms with E-state index >= 15 is 0 Å². The summed E-state index contributed by atoms with van der Waals surface area (Å²) in [6.07, 6.45) is 3.57. The van der Waals surface area contributed by atoms with Crippen LogP contribution in [-0.4, -0.2) is 63.2 Å². The minimum absolute atomic E-state index is 0.0214. The zero-order chi connectivity index (χ0) is 29.1. The van der Waals surface area contributed by atoms with E-state index in [1.165, 1.54) is 7.11 Å². The van der Waals surface area contributed by atoms with Crippen LogP contribution in [0.25, 0.3) is 0 Å². The molecule has 1 saturated heterocycles. The summed E-state index contributed by atoms with van der Waals surface area (Å²) in [5.74, 6) is -0.566. The molecule has 5 rings (SSSR count). The van der Waals surface area contributed by atoms with Crippen molar-refractivity contribution in [3.05, 3.63) is 71.3 Å². The third-order valence-electron chi connectivity index (χ3n) is 7.64. The van der Waals surface area contributed by atoms with E-state index in [0.29, 0.717) is 35.5 Å². The van der Waals surface area contributed by atoms with E-state index < -0.39 is 36.0 Å². The van der Waals surface area contributed by atoms with Crippen molar-refractivity contribution in [1.82, 2.24) is 0 Å². The number of cyclic esters (lactones) is 1. The van der Waals surface area contributed by atoms with E-state index in [1.54, 1.807) is 37.4 Å². The molecular weight excluding hydrogens is 528 g/mol. The van der Waals surface area contributed by atoms with Crippen LogP contribution >= 0.6 is 0 Å². The van der Waals surface area contributed by atoms with Crippen LogP contribution < -0.4 is 9.47 Å². The largest absolute Gasteiger partial charge is 0.497 e. The summed E-state index contributed by atoms with van der Waals surface area (Å²) in [5, 5.41) is 0. The summed E-state index contributed by atoms with van der Waals surface area (Å²) in [6, 6.07) is 12.4. The number of hydrogen-bond donors (Lipinski definition) is 0. The fraction of sp³-hybridized carbons (Fsp3) is 0.500. The van der Waals surface area contributed by atoms with E-state index in [-0.39, 0.29) is 24.7 Å². The number of rotatable bonds is 6. The van der Waals surface area contributed by atoms with E-state index in [4.69, 9.17) is 33.2 Å². The standard InChI is InChI=1S/C32H38O9/c1-19-10-9-13-25(39-30(33)20-11-7-6-8-12-20)29-27(40-32(2,3)41-29)15-21-14-23(21)24-16-22(36-5)17-26(37-18-35-4)28(24)31(34)38-19/h6-9,11-13,16-17,19,21,23,25,27,29H,10,14-15,18H2,1-5H3/b13-9-/t19-,21?,23?,25?,27+,29+/m0/s1. The predicted molar refractivity (Wildman–Crippen MR) is 149 cm³/mol. The third kappa shape index (κ3) is 6.74. The lowest BCUT2D eigenvalue weighted by molar-refractivity contribution is -0.153. The molecule has 3 aliphatic rings. The second-order valence-corrected chi connectivity index (χ2v) is 11.2. The number of carbonyl (C=O) groups excluding carboxylic acids is 2. The molecular formula is C32H38O9. The molecule has 0 amide bonds. The highest BCUT2D eigenvalue weighted by molar-refractivity contribution is 5.95. The van der Waals surface area contributed by atoms with Gasteiger partial charge in [0.15, 0.2) is 12.6 Å². The summed E-state index contributed by atoms with van der Waals surface area (Å²) in [7, 11) is 3.10. The van der Waals surface area contributed by atoms with Gasteiger partial charge in [0.25, 0.3) is 0 Å². The topological polar surface area (TPSA) is 98.8 Å². The smallest absolute Gasteiger partial charge is 0.342 e. The lowest BCUT2D eigenvalue weighted by Crippen LogP contribution is -2.38. The van der Waals surface area contributed by atoms with Crippen molar-refractivity contribution in [2.45, 2.75) is 76.2 Å². The molecule has 2 aromatic rings. The van der Waals surface area contributed by atoms with Gasteiger partial charge in [-0.05, 0) is 75.3 Å². The summed E-state index contributed by atoms with van der Waals surface area (Å²) in [4.78, 5) is 26.6. The highest BCUT2D eigenvalue weighted by atomic mass is 16.8. The lowest BCUT2D eigenvalue weighted by atomic mass is 9.96. The molecule has 9 nitrogen and oxygen atoms in total. The zero-order valence-electron chi connectivity index (χ0n) is 24.2. The number of esters is 2. The van der Waals surface area contributed by atoms with Crippen LogP contribution in [0.5, 0.6) is 11.5 Å². The lowest BCUT2D eigenvalue weighted by Gasteiger charge is -2.25. The van der Waals surface area contributed by atoms with Gasteiger partial charge in [0.1, 0.15) is 35.4 Å². The Morgan fingerprint density at radius 3 is 2.59 bits per heavy atom. The Hall–Kier alpha value is -3.40. The third-order valence-corrected chi connectivity index (χ3v) is 7.64. The Morgan fingerprint density at radius 2 is 1.85 bits per heavy atom. The second-order valence-electron chi connectivity index (χ2n) is 11.2. The molecule has 0 aromatic heterocycles. The molecule has 2 fully saturated rings. The van der Waals surface area contributed by atoms with Crippen molar-refractivity contribution in [1.29, 1.82) is 0 Å². The molecule has 1 aliphatic carbocycles. The van der Waals surface area contributed by atoms with Gasteiger partial charge in [-0.15, -0.1) is 0 Å². The molecule has 0 radical (unpaired) electrons. The summed E-state index contributed by atoms with van der Waals surface area (Å²) in [6.45, 7) is 5.53. The zero-order valence-corrected chi connectivity index (χ0v) is 24.2. The Morgan fingerprint density at radius 1 is 1.07 bits per heavy atom. The van der Waals surface area contributed by atoms with Crippen LogP contribution in [0.3, 0.4) is 0 Å². The van der Waals surface area contributed by atoms with Crippen molar-refractivity contribution in [2.75, 3.05) is 21.0 Å². The Bertz CT molecular complexity index is 1270. The van der Waals surface area contributed by atoms with Gasteiger partial charge in [0.2, 0.25) is 0 Å². The fourth-order valence-electron chi connectivity index (χ4n) is 5.66. The average molecular weight is 567 g/mol. The quantitative estimate of drug-likeness (QED) is 0.258. The van der Waals surface area contributed by atoms with E-state index in [2.05, 4.69) is 0 Å². The predicted octanol–water partition coefficient (Wildman–Crippen LogP) is 5.42. The Kier molecular flexibility index (Phi) is 8.68. The Balaban J connectivity index is 1.49. The van der Waals surface area contributed by atoms with Gasteiger partial charge in [-0.2, -0.15) is 0 Å². The van der Waals surface area contributed by atoms with Crippen LogP contribution in [-0.2, 0) is 23.7 Å². The van der Waals surface area contributed by atoms with E-state index in [1.807, 2.05) is 45.1 Å². The second kappa shape index (κ2) is 12.2. The van der Waals surface area contributed by atoms with Crippen LogP contribution in [0.4, 0.5) is 0 Å². The molecule has 1 saturated carbocycles. The number of fused-ring (bicyclic) bond motifs is 4. The summed E-state index contributed by atoms with van der Waals surface area (Å²) >= 11 is 0. The fourth-order valence-corrected chi connectivity index (χ4v) is 5.66. The summed E-state index contributed by atoms with van der Waals surface area (Å²) in [5.41, 5.74) is 1.65. The first kappa shape index (κ1) is 29.1. The van der Waals surface area contributed by atoms with E-state index in [9.17, 15) is 9.59 Å². The molecule has 220 valence electrons. The van der Waals surface area contributed by atoms with Crippen molar-refractivity contribution >= 4 is 11.9 Å². The van der Waals surface area contributed by atoms with Gasteiger partial charge in [-0.1, -0.05) is 24.3 Å². The van der Waals surface area contributed by atoms with Gasteiger partial charge in [-0.3, -0.25) is 0 Å². The van der Waals surface area contributed by atoms with Crippen molar-refractivity contribution in [3.63, 3.8) is 0 Å². The number of ether oxygens (including phenoxy) is 7. The molecule has 0 N–H and O–H groups in total. The minimum Gasteiger partial charge on any atom is -0.497 e. The first-order valence-corrected chi connectivity index (χ1v) is 14.0. The maximum absolute atomic E-state index is 13.5. The normalized spacial score (nSPS) is 29.5. The van der Waals surface area contributed by atoms with Crippen LogP contribution in [0.2, 0.25) is 0 Å². The van der Waals surface area contributed by atoms with Crippen LogP contribution in [0.15, 0.2) is 54.6 Å². The van der Waals surface area contributed by atoms with Gasteiger partial charge in [-0.25, -0.2) is 9.59 Å². The summed E-state index contributed by atoms with van der Waals surface area (Å²) < 4.78 is 41.1. The SMILES string of the molecule is COCOc1cc(OC)cc2c1C(=O)O[C@@H](C)C/C=C\C(OC(=O)c1ccccc1)[C@H]1OC(C)(C)O[C@@H]1CC1CC21. The van der Waals surface area contributed by atoms with Crippen LogP contribution in [0.1, 0.15) is 72.2 Å². The monoisotopic (exact) mass is 566 g/mol. The van der Waals surface area contributed by atoms with Crippen molar-refractivity contribution in [2.24, 2.45) is 5.92 Å². The van der Waals surface area contributed by atoms with Gasteiger partial charge in [0, 0.05) is 19.6 Å². The highest BCUT2D eigenvalue weighted by Gasteiger charge is 2.51. The molecule has 2 heterocycles. The first-order chi connectivity index (χ1) is 19.7. The molecule has 0 bridgehead atoms. The first-order valence-electron chi connectivity index (χ1n) is 14.0. The van der Waals surface area contributed by atoms with E-state index in [0.717, 1.165) is 12.0 Å². The maximum Gasteiger partial charge on any atom is 0.342 e. The molecule has 41 heavy (non-hydrogen) atoms. The van der Waals surface area contributed by atoms with Gasteiger partial charge in [0.05, 0.1) is 18.8 Å². The average Bonchev–Trinajstić information content (AvgIpc) is 3.64. The maximum atomic E-state index is 13.5. The molecule has 3 unspecified atom stereocenters. The van der Waals surface area contributed by atoms with Crippen molar-refractivity contribution < 1.29 is 42.7 Å². The molecule has 2 aromatic carbocycles. The Labute approximate surface area is 240 Å². The molecule has 2 aliphatic heterocycles. The number of methoxy groups -OCH3 is 2. The number of benzene rings is 2. The number of carbonyl (C=O) groups is 2. The highest BCUT2D eigenvalue weighted by Crippen LogP contribution is 2.54. The number of hydrogen-bond acceptors (Lipinski definition) is 9. The molecule has 6 atom stereocenters.